The number of aryl methyl sites for hydroxylation is 1. The maximum absolute atomic E-state index is 14.0. The molecule has 0 aliphatic carbocycles. The van der Waals surface area contributed by atoms with E-state index < -0.39 is 5.82 Å². The lowest BCUT2D eigenvalue weighted by Gasteiger charge is -2.16. The van der Waals surface area contributed by atoms with Crippen LogP contribution in [0.2, 0.25) is 5.02 Å². The molecule has 0 aliphatic heterocycles. The Labute approximate surface area is 189 Å². The molecule has 160 valence electrons. The Bertz CT molecular complexity index is 934. The zero-order valence-electron chi connectivity index (χ0n) is 16.7. The van der Waals surface area contributed by atoms with Crippen molar-refractivity contribution in [3.8, 4) is 11.5 Å². The second kappa shape index (κ2) is 11.3. The Morgan fingerprint density at radius 3 is 2.80 bits per heavy atom. The van der Waals surface area contributed by atoms with Crippen LogP contribution in [0.5, 0.6) is 11.5 Å². The third kappa shape index (κ3) is 6.20. The van der Waals surface area contributed by atoms with Crippen molar-refractivity contribution >= 4 is 27.5 Å². The van der Waals surface area contributed by atoms with Gasteiger partial charge < -0.3 is 19.4 Å². The summed E-state index contributed by atoms with van der Waals surface area (Å²) in [5.41, 5.74) is 1.37. The van der Waals surface area contributed by atoms with Gasteiger partial charge in [-0.25, -0.2) is 9.37 Å². The molecule has 3 rings (SSSR count). The van der Waals surface area contributed by atoms with Gasteiger partial charge in [0.2, 0.25) is 0 Å². The molecule has 1 N–H and O–H groups in total. The van der Waals surface area contributed by atoms with Gasteiger partial charge in [0.25, 0.3) is 0 Å². The summed E-state index contributed by atoms with van der Waals surface area (Å²) in [4.78, 5) is 4.04. The fourth-order valence-electron chi connectivity index (χ4n) is 2.94. The lowest BCUT2D eigenvalue weighted by atomic mass is 10.2. The van der Waals surface area contributed by atoms with E-state index in [4.69, 9.17) is 21.1 Å². The molecule has 5 nitrogen and oxygen atoms in total. The van der Waals surface area contributed by atoms with E-state index in [2.05, 4.69) is 30.8 Å². The molecular formula is C22H24BrClFN3O2. The summed E-state index contributed by atoms with van der Waals surface area (Å²) in [7, 11) is 0. The monoisotopic (exact) mass is 495 g/mol. The minimum Gasteiger partial charge on any atom is -0.490 e. The molecule has 1 heterocycles. The number of nitrogens with one attached hydrogen (secondary N) is 1. The van der Waals surface area contributed by atoms with Gasteiger partial charge >= 0.3 is 0 Å². The van der Waals surface area contributed by atoms with Crippen LogP contribution in [0.15, 0.2) is 53.5 Å². The van der Waals surface area contributed by atoms with Crippen LogP contribution in [0.3, 0.4) is 0 Å². The Morgan fingerprint density at radius 1 is 1.23 bits per heavy atom. The van der Waals surface area contributed by atoms with E-state index in [1.165, 1.54) is 6.07 Å². The first-order valence-corrected chi connectivity index (χ1v) is 10.9. The van der Waals surface area contributed by atoms with Gasteiger partial charge in [0.15, 0.2) is 11.5 Å². The predicted molar refractivity (Wildman–Crippen MR) is 120 cm³/mol. The minimum atomic E-state index is -0.393. The van der Waals surface area contributed by atoms with Crippen molar-refractivity contribution in [1.29, 1.82) is 0 Å². The van der Waals surface area contributed by atoms with Gasteiger partial charge in [0.05, 0.1) is 18.0 Å². The number of hydrogen-bond donors (Lipinski definition) is 1. The zero-order valence-corrected chi connectivity index (χ0v) is 19.0. The number of hydrogen-bond acceptors (Lipinski definition) is 4. The van der Waals surface area contributed by atoms with Gasteiger partial charge in [-0.2, -0.15) is 0 Å². The first kappa shape index (κ1) is 22.6. The summed E-state index contributed by atoms with van der Waals surface area (Å²) >= 11 is 9.70. The normalized spacial score (nSPS) is 10.9. The molecule has 0 saturated heterocycles. The third-order valence-corrected chi connectivity index (χ3v) is 5.58. The summed E-state index contributed by atoms with van der Waals surface area (Å²) in [5.74, 6) is 0.756. The SMILES string of the molecule is CCOc1cc(CNCCCn2ccnc2)c(Br)cc1OCc1c(F)cccc1Cl. The van der Waals surface area contributed by atoms with Crippen molar-refractivity contribution < 1.29 is 13.9 Å². The van der Waals surface area contributed by atoms with Crippen LogP contribution >= 0.6 is 27.5 Å². The molecule has 0 atom stereocenters. The molecule has 3 aromatic rings. The molecule has 1 aromatic heterocycles. The Morgan fingerprint density at radius 2 is 2.07 bits per heavy atom. The topological polar surface area (TPSA) is 48.3 Å². The fourth-order valence-corrected chi connectivity index (χ4v) is 3.62. The van der Waals surface area contributed by atoms with Crippen molar-refractivity contribution in [2.24, 2.45) is 0 Å². The summed E-state index contributed by atoms with van der Waals surface area (Å²) < 4.78 is 28.6. The van der Waals surface area contributed by atoms with Crippen molar-refractivity contribution in [3.05, 3.63) is 75.5 Å². The molecule has 0 unspecified atom stereocenters. The van der Waals surface area contributed by atoms with E-state index in [-0.39, 0.29) is 6.61 Å². The number of ether oxygens (including phenoxy) is 2. The van der Waals surface area contributed by atoms with E-state index in [1.807, 2.05) is 31.6 Å². The number of halogens is 3. The number of rotatable bonds is 11. The van der Waals surface area contributed by atoms with Crippen LogP contribution in [-0.2, 0) is 19.7 Å². The molecule has 0 spiro atoms. The van der Waals surface area contributed by atoms with Crippen LogP contribution in [0.1, 0.15) is 24.5 Å². The van der Waals surface area contributed by atoms with Gasteiger partial charge in [-0.3, -0.25) is 0 Å². The summed E-state index contributed by atoms with van der Waals surface area (Å²) in [6.07, 6.45) is 6.55. The highest BCUT2D eigenvalue weighted by Gasteiger charge is 2.13. The lowest BCUT2D eigenvalue weighted by molar-refractivity contribution is 0.265. The average molecular weight is 497 g/mol. The fraction of sp³-hybridized carbons (Fsp3) is 0.318. The van der Waals surface area contributed by atoms with Gasteiger partial charge in [-0.15, -0.1) is 0 Å². The second-order valence-corrected chi connectivity index (χ2v) is 7.90. The predicted octanol–water partition coefficient (Wildman–Crippen LogP) is 5.60. The number of nitrogens with zero attached hydrogens (tertiary/aromatic N) is 2. The number of imidazole rings is 1. The van der Waals surface area contributed by atoms with Crippen LogP contribution in [0.25, 0.3) is 0 Å². The van der Waals surface area contributed by atoms with E-state index in [0.717, 1.165) is 29.5 Å². The average Bonchev–Trinajstić information content (AvgIpc) is 3.23. The van der Waals surface area contributed by atoms with E-state index >= 15 is 0 Å². The Kier molecular flexibility index (Phi) is 8.54. The Hall–Kier alpha value is -2.09. The Balaban J connectivity index is 1.61. The molecule has 0 fully saturated rings. The second-order valence-electron chi connectivity index (χ2n) is 6.64. The van der Waals surface area contributed by atoms with Crippen molar-refractivity contribution in [2.75, 3.05) is 13.2 Å². The molecule has 0 amide bonds. The molecular weight excluding hydrogens is 473 g/mol. The maximum atomic E-state index is 14.0. The van der Waals surface area contributed by atoms with Gasteiger partial charge in [-0.1, -0.05) is 33.6 Å². The summed E-state index contributed by atoms with van der Waals surface area (Å²) in [5, 5.41) is 3.78. The van der Waals surface area contributed by atoms with Crippen LogP contribution in [0, 0.1) is 5.82 Å². The highest BCUT2D eigenvalue weighted by molar-refractivity contribution is 9.10. The maximum Gasteiger partial charge on any atom is 0.162 e. The number of aromatic nitrogens is 2. The van der Waals surface area contributed by atoms with Gasteiger partial charge in [0.1, 0.15) is 12.4 Å². The zero-order chi connectivity index (χ0) is 21.3. The lowest BCUT2D eigenvalue weighted by Crippen LogP contribution is -2.16. The van der Waals surface area contributed by atoms with E-state index in [1.54, 1.807) is 18.3 Å². The van der Waals surface area contributed by atoms with Crippen LogP contribution in [0.4, 0.5) is 4.39 Å². The van der Waals surface area contributed by atoms with Crippen molar-refractivity contribution in [1.82, 2.24) is 14.9 Å². The quantitative estimate of drug-likeness (QED) is 0.351. The standard InChI is InChI=1S/C22H24BrClFN3O2/c1-2-29-21-11-16(13-26-7-4-9-28-10-8-27-15-28)18(23)12-22(21)30-14-17-19(24)5-3-6-20(17)25/h3,5-6,8,10-12,15,26H,2,4,7,9,13-14H2,1H3. The van der Waals surface area contributed by atoms with Crippen LogP contribution in [-0.4, -0.2) is 22.7 Å². The first-order valence-electron chi connectivity index (χ1n) is 9.75. The first-order chi connectivity index (χ1) is 14.6. The van der Waals surface area contributed by atoms with Gasteiger partial charge in [0, 0.05) is 35.5 Å². The molecule has 8 heteroatoms. The summed E-state index contributed by atoms with van der Waals surface area (Å²) in [6.45, 7) is 4.90. The van der Waals surface area contributed by atoms with Crippen molar-refractivity contribution in [2.45, 2.75) is 33.0 Å². The molecule has 0 aliphatic rings. The molecule has 2 aromatic carbocycles. The molecule has 0 radical (unpaired) electrons. The van der Waals surface area contributed by atoms with Gasteiger partial charge in [-0.05, 0) is 49.7 Å². The third-order valence-electron chi connectivity index (χ3n) is 4.49. The molecule has 0 bridgehead atoms. The highest BCUT2D eigenvalue weighted by atomic mass is 79.9. The van der Waals surface area contributed by atoms with E-state index in [9.17, 15) is 4.39 Å². The molecule has 30 heavy (non-hydrogen) atoms. The van der Waals surface area contributed by atoms with Crippen LogP contribution < -0.4 is 14.8 Å². The number of benzene rings is 2. The van der Waals surface area contributed by atoms with E-state index in [0.29, 0.717) is 35.2 Å². The van der Waals surface area contributed by atoms with Crippen molar-refractivity contribution in [3.63, 3.8) is 0 Å². The highest BCUT2D eigenvalue weighted by Crippen LogP contribution is 2.35. The largest absolute Gasteiger partial charge is 0.490 e. The summed E-state index contributed by atoms with van der Waals surface area (Å²) in [6, 6.07) is 8.37. The smallest absolute Gasteiger partial charge is 0.162 e. The molecule has 0 saturated carbocycles. The minimum absolute atomic E-state index is 0.0177.